The topological polar surface area (TPSA) is 74.9 Å². The van der Waals surface area contributed by atoms with Crippen LogP contribution in [0.2, 0.25) is 0 Å². The number of aliphatic hydroxyl groups excluding tert-OH is 2. The van der Waals surface area contributed by atoms with Gasteiger partial charge >= 0.3 is 0 Å². The summed E-state index contributed by atoms with van der Waals surface area (Å²) < 4.78 is 10.4. The van der Waals surface area contributed by atoms with Crippen LogP contribution in [0.5, 0.6) is 0 Å². The number of hydrogen-bond donors (Lipinski definition) is 3. The fourth-order valence-electron chi connectivity index (χ4n) is 1.54. The van der Waals surface area contributed by atoms with Crippen LogP contribution in [0, 0.1) is 0 Å². The molecule has 0 fully saturated rings. The van der Waals surface area contributed by atoms with Gasteiger partial charge in [-0.3, -0.25) is 0 Å². The highest BCUT2D eigenvalue weighted by Gasteiger charge is 2.04. The summed E-state index contributed by atoms with van der Waals surface area (Å²) in [5.74, 6) is 0.757. The van der Waals surface area contributed by atoms with Crippen molar-refractivity contribution in [2.24, 2.45) is 0 Å². The second-order valence-electron chi connectivity index (χ2n) is 4.44. The molecule has 1 aromatic heterocycles. The predicted octanol–water partition coefficient (Wildman–Crippen LogP) is 0.908. The van der Waals surface area contributed by atoms with Crippen molar-refractivity contribution < 1.29 is 19.4 Å². The molecule has 0 aliphatic rings. The van der Waals surface area contributed by atoms with E-state index < -0.39 is 6.10 Å². The molecule has 0 saturated carbocycles. The van der Waals surface area contributed by atoms with Crippen LogP contribution in [-0.4, -0.2) is 42.1 Å². The third kappa shape index (κ3) is 7.45. The van der Waals surface area contributed by atoms with Crippen LogP contribution in [0.1, 0.15) is 25.5 Å². The average Bonchev–Trinajstić information content (AvgIpc) is 2.81. The molecule has 0 radical (unpaired) electrons. The minimum absolute atomic E-state index is 0.256. The molecule has 1 aromatic rings. The van der Waals surface area contributed by atoms with Crippen molar-refractivity contribution in [2.75, 3.05) is 19.7 Å². The highest BCUT2D eigenvalue weighted by molar-refractivity contribution is 4.96. The summed E-state index contributed by atoms with van der Waals surface area (Å²) in [6, 6.07) is 3.64. The number of aliphatic hydroxyl groups is 2. The third-order valence-corrected chi connectivity index (χ3v) is 2.49. The van der Waals surface area contributed by atoms with E-state index in [9.17, 15) is 5.11 Å². The molecule has 2 unspecified atom stereocenters. The van der Waals surface area contributed by atoms with Gasteiger partial charge in [-0.25, -0.2) is 0 Å². The molecular weight excluding hydrogens is 234 g/mol. The van der Waals surface area contributed by atoms with Crippen molar-refractivity contribution in [3.8, 4) is 0 Å². The molecule has 2 atom stereocenters. The van der Waals surface area contributed by atoms with Gasteiger partial charge < -0.3 is 24.7 Å². The molecule has 0 amide bonds. The highest BCUT2D eigenvalue weighted by atomic mass is 16.5. The van der Waals surface area contributed by atoms with Crippen molar-refractivity contribution >= 4 is 0 Å². The molecule has 0 aliphatic carbocycles. The van der Waals surface area contributed by atoms with Gasteiger partial charge in [-0.2, -0.15) is 0 Å². The van der Waals surface area contributed by atoms with Gasteiger partial charge in [-0.15, -0.1) is 0 Å². The van der Waals surface area contributed by atoms with Crippen LogP contribution in [0.25, 0.3) is 0 Å². The van der Waals surface area contributed by atoms with Gasteiger partial charge in [-0.05, 0) is 38.4 Å². The average molecular weight is 257 g/mol. The Kier molecular flexibility index (Phi) is 7.68. The zero-order valence-electron chi connectivity index (χ0n) is 10.8. The van der Waals surface area contributed by atoms with Crippen LogP contribution in [0.15, 0.2) is 22.8 Å². The SMILES string of the molecule is CC(O)CCCNCC(O)COCc1ccco1. The van der Waals surface area contributed by atoms with Crippen molar-refractivity contribution in [3.63, 3.8) is 0 Å². The third-order valence-electron chi connectivity index (χ3n) is 2.49. The Morgan fingerprint density at radius 1 is 1.44 bits per heavy atom. The molecule has 3 N–H and O–H groups in total. The maximum atomic E-state index is 9.62. The normalized spacial score (nSPS) is 14.6. The van der Waals surface area contributed by atoms with Crippen molar-refractivity contribution in [1.29, 1.82) is 0 Å². The van der Waals surface area contributed by atoms with Crippen molar-refractivity contribution in [1.82, 2.24) is 5.32 Å². The molecule has 0 saturated heterocycles. The first-order valence-corrected chi connectivity index (χ1v) is 6.35. The minimum Gasteiger partial charge on any atom is -0.467 e. The molecule has 104 valence electrons. The number of rotatable bonds is 10. The summed E-state index contributed by atoms with van der Waals surface area (Å²) in [5.41, 5.74) is 0. The van der Waals surface area contributed by atoms with E-state index in [1.165, 1.54) is 0 Å². The summed E-state index contributed by atoms with van der Waals surface area (Å²) in [6.45, 7) is 3.73. The lowest BCUT2D eigenvalue weighted by Gasteiger charge is -2.12. The van der Waals surface area contributed by atoms with Crippen LogP contribution in [0.3, 0.4) is 0 Å². The number of ether oxygens (including phenoxy) is 1. The fraction of sp³-hybridized carbons (Fsp3) is 0.692. The monoisotopic (exact) mass is 257 g/mol. The lowest BCUT2D eigenvalue weighted by atomic mass is 10.2. The Hall–Kier alpha value is -0.880. The van der Waals surface area contributed by atoms with E-state index in [1.807, 2.05) is 6.07 Å². The number of nitrogens with one attached hydrogen (secondary N) is 1. The van der Waals surface area contributed by atoms with Gasteiger partial charge in [0.05, 0.1) is 25.1 Å². The first-order chi connectivity index (χ1) is 8.68. The van der Waals surface area contributed by atoms with E-state index in [-0.39, 0.29) is 12.7 Å². The van der Waals surface area contributed by atoms with Crippen LogP contribution in [0.4, 0.5) is 0 Å². The zero-order chi connectivity index (χ0) is 13.2. The largest absolute Gasteiger partial charge is 0.467 e. The standard InChI is InChI=1S/C13H23NO4/c1-11(15)4-2-6-14-8-12(16)9-17-10-13-5-3-7-18-13/h3,5,7,11-12,14-16H,2,4,6,8-10H2,1H3. The lowest BCUT2D eigenvalue weighted by molar-refractivity contribution is 0.0227. The number of hydrogen-bond acceptors (Lipinski definition) is 5. The van der Waals surface area contributed by atoms with Crippen LogP contribution < -0.4 is 5.32 Å². The first-order valence-electron chi connectivity index (χ1n) is 6.35. The Bertz CT molecular complexity index is 287. The maximum absolute atomic E-state index is 9.62. The van der Waals surface area contributed by atoms with Crippen molar-refractivity contribution in [2.45, 2.75) is 38.6 Å². The molecule has 18 heavy (non-hydrogen) atoms. The molecular formula is C13H23NO4. The smallest absolute Gasteiger partial charge is 0.129 e. The lowest BCUT2D eigenvalue weighted by Crippen LogP contribution is -2.31. The van der Waals surface area contributed by atoms with E-state index in [1.54, 1.807) is 19.3 Å². The zero-order valence-corrected chi connectivity index (χ0v) is 10.8. The van der Waals surface area contributed by atoms with E-state index >= 15 is 0 Å². The Morgan fingerprint density at radius 2 is 2.28 bits per heavy atom. The second-order valence-corrected chi connectivity index (χ2v) is 4.44. The van der Waals surface area contributed by atoms with Gasteiger partial charge in [0.1, 0.15) is 12.4 Å². The first kappa shape index (κ1) is 15.2. The van der Waals surface area contributed by atoms with E-state index in [0.29, 0.717) is 13.2 Å². The highest BCUT2D eigenvalue weighted by Crippen LogP contribution is 2.02. The van der Waals surface area contributed by atoms with E-state index in [2.05, 4.69) is 5.32 Å². The van der Waals surface area contributed by atoms with E-state index in [4.69, 9.17) is 14.3 Å². The van der Waals surface area contributed by atoms with Crippen LogP contribution in [-0.2, 0) is 11.3 Å². The fourth-order valence-corrected chi connectivity index (χ4v) is 1.54. The Labute approximate surface area is 108 Å². The molecule has 5 nitrogen and oxygen atoms in total. The van der Waals surface area contributed by atoms with Gasteiger partial charge in [-0.1, -0.05) is 0 Å². The summed E-state index contributed by atoms with van der Waals surface area (Å²) >= 11 is 0. The summed E-state index contributed by atoms with van der Waals surface area (Å²) in [4.78, 5) is 0. The van der Waals surface area contributed by atoms with Gasteiger partial charge in [0, 0.05) is 6.54 Å². The van der Waals surface area contributed by atoms with Gasteiger partial charge in [0.25, 0.3) is 0 Å². The second kappa shape index (κ2) is 9.10. The predicted molar refractivity (Wildman–Crippen MR) is 68.2 cm³/mol. The molecule has 1 rings (SSSR count). The van der Waals surface area contributed by atoms with Gasteiger partial charge in [0.15, 0.2) is 0 Å². The molecule has 0 bridgehead atoms. The summed E-state index contributed by atoms with van der Waals surface area (Å²) in [5, 5.41) is 21.8. The Morgan fingerprint density at radius 3 is 2.94 bits per heavy atom. The minimum atomic E-state index is -0.522. The molecule has 1 heterocycles. The summed E-state index contributed by atoms with van der Waals surface area (Å²) in [6.07, 6.45) is 2.49. The molecule has 0 aliphatic heterocycles. The maximum Gasteiger partial charge on any atom is 0.129 e. The Balaban J connectivity index is 1.92. The summed E-state index contributed by atoms with van der Waals surface area (Å²) in [7, 11) is 0. The van der Waals surface area contributed by atoms with Gasteiger partial charge in [0.2, 0.25) is 0 Å². The number of furan rings is 1. The van der Waals surface area contributed by atoms with E-state index in [0.717, 1.165) is 25.1 Å². The molecule has 0 spiro atoms. The van der Waals surface area contributed by atoms with Crippen molar-refractivity contribution in [3.05, 3.63) is 24.2 Å². The quantitative estimate of drug-likeness (QED) is 0.543. The van der Waals surface area contributed by atoms with Crippen LogP contribution >= 0.6 is 0 Å². The molecule has 5 heteroatoms. The molecule has 0 aromatic carbocycles.